The lowest BCUT2D eigenvalue weighted by Gasteiger charge is -2.29. The van der Waals surface area contributed by atoms with Gasteiger partial charge in [-0.15, -0.1) is 0 Å². The molecular formula is C23H26FNO3. The molecule has 3 rings (SSSR count). The minimum Gasteiger partial charge on any atom is -0.461 e. The Morgan fingerprint density at radius 2 is 1.57 bits per heavy atom. The molecule has 2 atom stereocenters. The summed E-state index contributed by atoms with van der Waals surface area (Å²) < 4.78 is 18.4. The van der Waals surface area contributed by atoms with Crippen LogP contribution in [0.5, 0.6) is 0 Å². The Kier molecular flexibility index (Phi) is 6.80. The molecule has 0 aliphatic heterocycles. The van der Waals surface area contributed by atoms with E-state index in [9.17, 15) is 14.0 Å². The number of ether oxygens (including phenoxy) is 1. The average Bonchev–Trinajstić information content (AvgIpc) is 2.73. The van der Waals surface area contributed by atoms with Gasteiger partial charge in [0.25, 0.3) is 0 Å². The maximum atomic E-state index is 13.0. The van der Waals surface area contributed by atoms with Crippen molar-refractivity contribution in [3.05, 3.63) is 65.5 Å². The predicted octanol–water partition coefficient (Wildman–Crippen LogP) is 4.88. The fraction of sp³-hybridized carbons (Fsp3) is 0.391. The molecular weight excluding hydrogens is 357 g/mol. The second kappa shape index (κ2) is 9.49. The highest BCUT2D eigenvalue weighted by molar-refractivity contribution is 5.95. The molecule has 0 aromatic heterocycles. The van der Waals surface area contributed by atoms with Crippen molar-refractivity contribution in [3.63, 3.8) is 0 Å². The van der Waals surface area contributed by atoms with Crippen molar-refractivity contribution in [1.82, 2.24) is 0 Å². The summed E-state index contributed by atoms with van der Waals surface area (Å²) >= 11 is 0. The van der Waals surface area contributed by atoms with Gasteiger partial charge in [-0.05, 0) is 54.7 Å². The van der Waals surface area contributed by atoms with Crippen LogP contribution >= 0.6 is 0 Å². The lowest BCUT2D eigenvalue weighted by molar-refractivity contribution is -0.155. The zero-order valence-corrected chi connectivity index (χ0v) is 16.1. The van der Waals surface area contributed by atoms with E-state index in [1.807, 2.05) is 24.3 Å². The van der Waals surface area contributed by atoms with Crippen LogP contribution in [-0.2, 0) is 27.4 Å². The van der Waals surface area contributed by atoms with Crippen molar-refractivity contribution >= 4 is 17.6 Å². The van der Waals surface area contributed by atoms with Gasteiger partial charge in [-0.2, -0.15) is 0 Å². The number of carbonyl (C=O) groups excluding carboxylic acids is 2. The van der Waals surface area contributed by atoms with Crippen LogP contribution in [0.3, 0.4) is 0 Å². The SMILES string of the molecule is CCc1ccc(NC(=O)[C@H]2CCCC[C@@H]2C(=O)OCc2ccc(F)cc2)cc1. The van der Waals surface area contributed by atoms with Gasteiger partial charge in [0.05, 0.1) is 11.8 Å². The zero-order chi connectivity index (χ0) is 19.9. The Bertz CT molecular complexity index is 802. The van der Waals surface area contributed by atoms with Crippen molar-refractivity contribution in [2.45, 2.75) is 45.6 Å². The van der Waals surface area contributed by atoms with Crippen molar-refractivity contribution in [1.29, 1.82) is 0 Å². The van der Waals surface area contributed by atoms with Crippen molar-refractivity contribution in [3.8, 4) is 0 Å². The molecule has 0 saturated heterocycles. The molecule has 1 amide bonds. The lowest BCUT2D eigenvalue weighted by Crippen LogP contribution is -2.37. The highest BCUT2D eigenvalue weighted by Gasteiger charge is 2.36. The van der Waals surface area contributed by atoms with Gasteiger partial charge in [-0.1, -0.05) is 44.0 Å². The third kappa shape index (κ3) is 5.18. The van der Waals surface area contributed by atoms with Gasteiger partial charge in [0, 0.05) is 5.69 Å². The summed E-state index contributed by atoms with van der Waals surface area (Å²) in [7, 11) is 0. The van der Waals surface area contributed by atoms with E-state index in [2.05, 4.69) is 12.2 Å². The summed E-state index contributed by atoms with van der Waals surface area (Å²) in [5.74, 6) is -1.64. The molecule has 28 heavy (non-hydrogen) atoms. The van der Waals surface area contributed by atoms with Gasteiger partial charge in [-0.25, -0.2) is 4.39 Å². The molecule has 1 aliphatic carbocycles. The number of anilines is 1. The number of rotatable bonds is 6. The Labute approximate surface area is 165 Å². The number of nitrogens with one attached hydrogen (secondary N) is 1. The molecule has 148 valence electrons. The molecule has 2 aromatic carbocycles. The lowest BCUT2D eigenvalue weighted by atomic mass is 9.78. The quantitative estimate of drug-likeness (QED) is 0.724. The molecule has 1 fully saturated rings. The summed E-state index contributed by atoms with van der Waals surface area (Å²) in [6.45, 7) is 2.17. The predicted molar refractivity (Wildman–Crippen MR) is 106 cm³/mol. The smallest absolute Gasteiger partial charge is 0.310 e. The molecule has 0 bridgehead atoms. The van der Waals surface area contributed by atoms with Crippen LogP contribution in [0.1, 0.15) is 43.7 Å². The molecule has 1 saturated carbocycles. The Morgan fingerprint density at radius 3 is 2.21 bits per heavy atom. The normalized spacial score (nSPS) is 19.1. The van der Waals surface area contributed by atoms with Gasteiger partial charge in [-0.3, -0.25) is 9.59 Å². The third-order valence-corrected chi connectivity index (χ3v) is 5.33. The van der Waals surface area contributed by atoms with Gasteiger partial charge in [0.1, 0.15) is 12.4 Å². The maximum Gasteiger partial charge on any atom is 0.310 e. The summed E-state index contributed by atoms with van der Waals surface area (Å²) in [5, 5.41) is 2.94. The van der Waals surface area contributed by atoms with E-state index in [1.165, 1.54) is 17.7 Å². The fourth-order valence-electron chi connectivity index (χ4n) is 3.63. The van der Waals surface area contributed by atoms with E-state index < -0.39 is 5.92 Å². The van der Waals surface area contributed by atoms with E-state index in [0.29, 0.717) is 12.8 Å². The van der Waals surface area contributed by atoms with Crippen molar-refractivity contribution < 1.29 is 18.7 Å². The monoisotopic (exact) mass is 383 g/mol. The Balaban J connectivity index is 1.60. The molecule has 4 nitrogen and oxygen atoms in total. The molecule has 0 radical (unpaired) electrons. The number of halogens is 1. The van der Waals surface area contributed by atoms with Crippen LogP contribution in [0.25, 0.3) is 0 Å². The number of amides is 1. The first-order chi connectivity index (χ1) is 13.6. The number of benzene rings is 2. The number of hydrogen-bond donors (Lipinski definition) is 1. The molecule has 1 N–H and O–H groups in total. The number of hydrogen-bond acceptors (Lipinski definition) is 3. The van der Waals surface area contributed by atoms with Crippen molar-refractivity contribution in [2.75, 3.05) is 5.32 Å². The average molecular weight is 383 g/mol. The Morgan fingerprint density at radius 1 is 0.964 bits per heavy atom. The van der Waals surface area contributed by atoms with E-state index >= 15 is 0 Å². The van der Waals surface area contributed by atoms with E-state index in [4.69, 9.17) is 4.74 Å². The maximum absolute atomic E-state index is 13.0. The van der Waals surface area contributed by atoms with E-state index in [0.717, 1.165) is 30.5 Å². The number of aryl methyl sites for hydroxylation is 1. The highest BCUT2D eigenvalue weighted by atomic mass is 19.1. The molecule has 0 spiro atoms. The fourth-order valence-corrected chi connectivity index (χ4v) is 3.63. The number of carbonyl (C=O) groups is 2. The third-order valence-electron chi connectivity index (χ3n) is 5.33. The summed E-state index contributed by atoms with van der Waals surface area (Å²) in [6, 6.07) is 13.6. The van der Waals surface area contributed by atoms with Crippen LogP contribution in [0.15, 0.2) is 48.5 Å². The largest absolute Gasteiger partial charge is 0.461 e. The van der Waals surface area contributed by atoms with Crippen LogP contribution in [-0.4, -0.2) is 11.9 Å². The molecule has 0 unspecified atom stereocenters. The first kappa shape index (κ1) is 20.1. The van der Waals surface area contributed by atoms with Crippen LogP contribution in [0.4, 0.5) is 10.1 Å². The standard InChI is InChI=1S/C23H26FNO3/c1-2-16-9-13-19(14-10-16)25-22(26)20-5-3-4-6-21(20)23(27)28-15-17-7-11-18(24)12-8-17/h7-14,20-21H,2-6,15H2,1H3,(H,25,26)/t20-,21-/m0/s1. The van der Waals surface area contributed by atoms with Gasteiger partial charge >= 0.3 is 5.97 Å². The van der Waals surface area contributed by atoms with Crippen LogP contribution < -0.4 is 5.32 Å². The van der Waals surface area contributed by atoms with Crippen LogP contribution in [0, 0.1) is 17.7 Å². The summed E-state index contributed by atoms with van der Waals surface area (Å²) in [6.07, 6.45) is 4.10. The molecule has 0 heterocycles. The topological polar surface area (TPSA) is 55.4 Å². The molecule has 1 aliphatic rings. The van der Waals surface area contributed by atoms with Crippen molar-refractivity contribution in [2.24, 2.45) is 11.8 Å². The molecule has 2 aromatic rings. The van der Waals surface area contributed by atoms with E-state index in [1.54, 1.807) is 12.1 Å². The summed E-state index contributed by atoms with van der Waals surface area (Å²) in [4.78, 5) is 25.4. The van der Waals surface area contributed by atoms with Crippen LogP contribution in [0.2, 0.25) is 0 Å². The van der Waals surface area contributed by atoms with E-state index in [-0.39, 0.29) is 30.2 Å². The zero-order valence-electron chi connectivity index (χ0n) is 16.1. The second-order valence-electron chi connectivity index (χ2n) is 7.27. The number of esters is 1. The molecule has 5 heteroatoms. The summed E-state index contributed by atoms with van der Waals surface area (Å²) in [5.41, 5.74) is 2.67. The first-order valence-electron chi connectivity index (χ1n) is 9.87. The van der Waals surface area contributed by atoms with Gasteiger partial charge in [0.2, 0.25) is 5.91 Å². The highest BCUT2D eigenvalue weighted by Crippen LogP contribution is 2.32. The van der Waals surface area contributed by atoms with Gasteiger partial charge in [0.15, 0.2) is 0 Å². The first-order valence-corrected chi connectivity index (χ1v) is 9.87. The van der Waals surface area contributed by atoms with Gasteiger partial charge < -0.3 is 10.1 Å². The second-order valence-corrected chi connectivity index (χ2v) is 7.27. The minimum absolute atomic E-state index is 0.0857. The minimum atomic E-state index is -0.441. The Hall–Kier alpha value is -2.69.